The van der Waals surface area contributed by atoms with E-state index in [9.17, 15) is 4.79 Å². The number of carbonyl (C=O) groups excluding carboxylic acids is 1. The SMILES string of the molecule is COc1ccc(C(=O)NCC(c2ccc3c(c2)OCO3)N2CCCC2)cc1.Cl. The minimum absolute atomic E-state index is 0. The Morgan fingerprint density at radius 2 is 1.82 bits per heavy atom. The average Bonchev–Trinajstić information content (AvgIpc) is 3.39. The van der Waals surface area contributed by atoms with Gasteiger partial charge in [-0.15, -0.1) is 12.4 Å². The molecular weight excluding hydrogens is 380 g/mol. The zero-order valence-corrected chi connectivity index (χ0v) is 16.7. The number of hydrogen-bond donors (Lipinski definition) is 1. The first-order valence-corrected chi connectivity index (χ1v) is 9.30. The standard InChI is InChI=1S/C21H24N2O4.ClH/c1-25-17-7-4-15(5-8-17)21(24)22-13-18(23-10-2-3-11-23)16-6-9-19-20(12-16)27-14-26-19;/h4-9,12,18H,2-3,10-11,13-14H2,1H3,(H,22,24);1H. The summed E-state index contributed by atoms with van der Waals surface area (Å²) in [5.74, 6) is 2.21. The molecule has 1 saturated heterocycles. The molecule has 1 atom stereocenters. The summed E-state index contributed by atoms with van der Waals surface area (Å²) in [4.78, 5) is 15.0. The van der Waals surface area contributed by atoms with Gasteiger partial charge in [-0.1, -0.05) is 6.07 Å². The van der Waals surface area contributed by atoms with Gasteiger partial charge in [-0.3, -0.25) is 9.69 Å². The second kappa shape index (κ2) is 9.17. The summed E-state index contributed by atoms with van der Waals surface area (Å²) < 4.78 is 16.1. The fourth-order valence-corrected chi connectivity index (χ4v) is 3.67. The summed E-state index contributed by atoms with van der Waals surface area (Å²) in [6.07, 6.45) is 2.38. The molecule has 28 heavy (non-hydrogen) atoms. The zero-order valence-electron chi connectivity index (χ0n) is 15.8. The lowest BCUT2D eigenvalue weighted by Gasteiger charge is -2.28. The summed E-state index contributed by atoms with van der Waals surface area (Å²) in [5.41, 5.74) is 1.76. The van der Waals surface area contributed by atoms with Gasteiger partial charge in [0.05, 0.1) is 13.2 Å². The second-order valence-corrected chi connectivity index (χ2v) is 6.81. The maximum Gasteiger partial charge on any atom is 0.251 e. The third-order valence-corrected chi connectivity index (χ3v) is 5.17. The van der Waals surface area contributed by atoms with Crippen molar-refractivity contribution in [2.24, 2.45) is 0 Å². The third-order valence-electron chi connectivity index (χ3n) is 5.17. The fraction of sp³-hybridized carbons (Fsp3) is 0.381. The van der Waals surface area contributed by atoms with Gasteiger partial charge < -0.3 is 19.5 Å². The molecule has 2 aliphatic heterocycles. The Kier molecular flexibility index (Phi) is 6.65. The van der Waals surface area contributed by atoms with Crippen molar-refractivity contribution in [3.05, 3.63) is 53.6 Å². The average molecular weight is 405 g/mol. The number of fused-ring (bicyclic) bond motifs is 1. The quantitative estimate of drug-likeness (QED) is 0.799. The number of likely N-dealkylation sites (tertiary alicyclic amines) is 1. The third kappa shape index (κ3) is 4.34. The van der Waals surface area contributed by atoms with Gasteiger partial charge in [-0.25, -0.2) is 0 Å². The van der Waals surface area contributed by atoms with Crippen LogP contribution in [0.5, 0.6) is 17.2 Å². The van der Waals surface area contributed by atoms with E-state index < -0.39 is 0 Å². The molecule has 1 N–H and O–H groups in total. The summed E-state index contributed by atoms with van der Waals surface area (Å²) in [6, 6.07) is 13.3. The van der Waals surface area contributed by atoms with Gasteiger partial charge in [0.1, 0.15) is 5.75 Å². The summed E-state index contributed by atoms with van der Waals surface area (Å²) in [7, 11) is 1.61. The predicted octanol–water partition coefficient (Wildman–Crippen LogP) is 3.41. The Balaban J connectivity index is 0.00000225. The van der Waals surface area contributed by atoms with E-state index >= 15 is 0 Å². The van der Waals surface area contributed by atoms with E-state index in [4.69, 9.17) is 14.2 Å². The van der Waals surface area contributed by atoms with Crippen molar-refractivity contribution in [3.63, 3.8) is 0 Å². The van der Waals surface area contributed by atoms with E-state index in [1.165, 1.54) is 12.8 Å². The molecule has 2 aromatic carbocycles. The van der Waals surface area contributed by atoms with Crippen LogP contribution in [-0.2, 0) is 0 Å². The highest BCUT2D eigenvalue weighted by molar-refractivity contribution is 5.94. The van der Waals surface area contributed by atoms with E-state index in [1.807, 2.05) is 12.1 Å². The first kappa shape index (κ1) is 20.3. The minimum atomic E-state index is -0.0809. The van der Waals surface area contributed by atoms with E-state index in [2.05, 4.69) is 16.3 Å². The lowest BCUT2D eigenvalue weighted by Crippen LogP contribution is -2.36. The molecule has 2 aromatic rings. The van der Waals surface area contributed by atoms with E-state index in [-0.39, 0.29) is 31.1 Å². The van der Waals surface area contributed by atoms with Crippen molar-refractivity contribution in [1.29, 1.82) is 0 Å². The second-order valence-electron chi connectivity index (χ2n) is 6.81. The molecule has 0 bridgehead atoms. The summed E-state index contributed by atoms with van der Waals surface area (Å²) in [6.45, 7) is 2.89. The molecule has 150 valence electrons. The Morgan fingerprint density at radius 3 is 2.54 bits per heavy atom. The molecule has 1 amide bonds. The lowest BCUT2D eigenvalue weighted by molar-refractivity contribution is 0.0938. The smallest absolute Gasteiger partial charge is 0.251 e. The zero-order chi connectivity index (χ0) is 18.6. The van der Waals surface area contributed by atoms with Crippen LogP contribution in [0.3, 0.4) is 0 Å². The molecule has 0 aliphatic carbocycles. The minimum Gasteiger partial charge on any atom is -0.497 e. The number of amides is 1. The molecular formula is C21H25ClN2O4. The highest BCUT2D eigenvalue weighted by atomic mass is 35.5. The first-order chi connectivity index (χ1) is 13.2. The molecule has 1 fully saturated rings. The molecule has 0 aromatic heterocycles. The van der Waals surface area contributed by atoms with Crippen LogP contribution in [0.2, 0.25) is 0 Å². The highest BCUT2D eigenvalue weighted by Crippen LogP contribution is 2.36. The molecule has 0 spiro atoms. The van der Waals surface area contributed by atoms with Crippen molar-refractivity contribution < 1.29 is 19.0 Å². The van der Waals surface area contributed by atoms with E-state index in [1.54, 1.807) is 31.4 Å². The summed E-state index contributed by atoms with van der Waals surface area (Å²) >= 11 is 0. The van der Waals surface area contributed by atoms with Gasteiger partial charge >= 0.3 is 0 Å². The van der Waals surface area contributed by atoms with Gasteiger partial charge in [0.15, 0.2) is 11.5 Å². The van der Waals surface area contributed by atoms with Crippen molar-refractivity contribution in [2.45, 2.75) is 18.9 Å². The number of rotatable bonds is 6. The van der Waals surface area contributed by atoms with E-state index in [0.717, 1.165) is 35.9 Å². The maximum absolute atomic E-state index is 12.6. The largest absolute Gasteiger partial charge is 0.497 e. The number of nitrogens with one attached hydrogen (secondary N) is 1. The number of halogens is 1. The van der Waals surface area contributed by atoms with Gasteiger partial charge in [-0.05, 0) is 67.9 Å². The fourth-order valence-electron chi connectivity index (χ4n) is 3.67. The number of carbonyl (C=O) groups is 1. The van der Waals surface area contributed by atoms with Crippen LogP contribution in [0.25, 0.3) is 0 Å². The molecule has 0 radical (unpaired) electrons. The van der Waals surface area contributed by atoms with Crippen LogP contribution in [0.4, 0.5) is 0 Å². The number of methoxy groups -OCH3 is 1. The Hall–Kier alpha value is -2.44. The highest BCUT2D eigenvalue weighted by Gasteiger charge is 2.26. The number of nitrogens with zero attached hydrogens (tertiary/aromatic N) is 1. The molecule has 7 heteroatoms. The van der Waals surface area contributed by atoms with Gasteiger partial charge in [0, 0.05) is 12.1 Å². The van der Waals surface area contributed by atoms with Crippen LogP contribution < -0.4 is 19.5 Å². The van der Waals surface area contributed by atoms with Crippen molar-refractivity contribution in [2.75, 3.05) is 33.5 Å². The van der Waals surface area contributed by atoms with E-state index in [0.29, 0.717) is 12.1 Å². The topological polar surface area (TPSA) is 60.0 Å². The Morgan fingerprint density at radius 1 is 1.11 bits per heavy atom. The number of benzene rings is 2. The predicted molar refractivity (Wildman–Crippen MR) is 109 cm³/mol. The molecule has 2 heterocycles. The van der Waals surface area contributed by atoms with Crippen LogP contribution in [-0.4, -0.2) is 44.3 Å². The van der Waals surface area contributed by atoms with Crippen LogP contribution in [0, 0.1) is 0 Å². The molecule has 0 saturated carbocycles. The van der Waals surface area contributed by atoms with Crippen molar-refractivity contribution >= 4 is 18.3 Å². The molecule has 2 aliphatic rings. The van der Waals surface area contributed by atoms with Gasteiger partial charge in [0.25, 0.3) is 5.91 Å². The maximum atomic E-state index is 12.6. The number of hydrogen-bond acceptors (Lipinski definition) is 5. The normalized spacial score (nSPS) is 16.3. The molecule has 4 rings (SSSR count). The van der Waals surface area contributed by atoms with Crippen LogP contribution in [0.15, 0.2) is 42.5 Å². The van der Waals surface area contributed by atoms with Crippen molar-refractivity contribution in [3.8, 4) is 17.2 Å². The van der Waals surface area contributed by atoms with Crippen molar-refractivity contribution in [1.82, 2.24) is 10.2 Å². The van der Waals surface area contributed by atoms with Crippen LogP contribution in [0.1, 0.15) is 34.8 Å². The van der Waals surface area contributed by atoms with Crippen LogP contribution >= 0.6 is 12.4 Å². The summed E-state index contributed by atoms with van der Waals surface area (Å²) in [5, 5.41) is 3.09. The first-order valence-electron chi connectivity index (χ1n) is 9.30. The van der Waals surface area contributed by atoms with Gasteiger partial charge in [0.2, 0.25) is 6.79 Å². The Labute approximate surface area is 171 Å². The molecule has 1 unspecified atom stereocenters. The van der Waals surface area contributed by atoms with Gasteiger partial charge in [-0.2, -0.15) is 0 Å². The monoisotopic (exact) mass is 404 g/mol. The number of ether oxygens (including phenoxy) is 3. The Bertz CT molecular complexity index is 807. The lowest BCUT2D eigenvalue weighted by atomic mass is 10.0. The molecule has 6 nitrogen and oxygen atoms in total.